The highest BCUT2D eigenvalue weighted by Gasteiger charge is 2.34. The standard InChI is InChI=1S/C15H21N3O/c1-12(13-5-3-2-4-6-13)17-7-8-18-14(11-17)9-16-10-15(18)19/h2-6,12,14,16H,7-11H2,1H3. The number of nitrogens with one attached hydrogen (secondary N) is 1. The van der Waals surface area contributed by atoms with E-state index >= 15 is 0 Å². The number of hydrogen-bond donors (Lipinski definition) is 1. The lowest BCUT2D eigenvalue weighted by molar-refractivity contribution is -0.138. The molecule has 1 aromatic rings. The van der Waals surface area contributed by atoms with Gasteiger partial charge in [-0.3, -0.25) is 9.69 Å². The van der Waals surface area contributed by atoms with Crippen LogP contribution in [0, 0.1) is 0 Å². The SMILES string of the molecule is CC(c1ccccc1)N1CCN2C(=O)CNCC2C1. The summed E-state index contributed by atoms with van der Waals surface area (Å²) in [4.78, 5) is 16.3. The second-order valence-electron chi connectivity index (χ2n) is 5.45. The zero-order valence-corrected chi connectivity index (χ0v) is 11.4. The van der Waals surface area contributed by atoms with E-state index in [1.54, 1.807) is 0 Å². The van der Waals surface area contributed by atoms with Crippen molar-refractivity contribution >= 4 is 5.91 Å². The van der Waals surface area contributed by atoms with Gasteiger partial charge in [-0.05, 0) is 12.5 Å². The van der Waals surface area contributed by atoms with Gasteiger partial charge in [0.05, 0.1) is 12.6 Å². The molecule has 2 atom stereocenters. The second-order valence-corrected chi connectivity index (χ2v) is 5.45. The van der Waals surface area contributed by atoms with Gasteiger partial charge < -0.3 is 10.2 Å². The van der Waals surface area contributed by atoms with Crippen LogP contribution in [0.5, 0.6) is 0 Å². The molecule has 19 heavy (non-hydrogen) atoms. The normalized spacial score (nSPS) is 26.1. The average Bonchev–Trinajstić information content (AvgIpc) is 2.47. The molecule has 2 unspecified atom stereocenters. The highest BCUT2D eigenvalue weighted by atomic mass is 16.2. The Hall–Kier alpha value is -1.39. The largest absolute Gasteiger partial charge is 0.335 e. The average molecular weight is 259 g/mol. The van der Waals surface area contributed by atoms with E-state index in [0.717, 1.165) is 26.2 Å². The summed E-state index contributed by atoms with van der Waals surface area (Å²) in [7, 11) is 0. The molecule has 4 nitrogen and oxygen atoms in total. The molecule has 4 heteroatoms. The molecule has 0 radical (unpaired) electrons. The van der Waals surface area contributed by atoms with Crippen molar-refractivity contribution in [1.82, 2.24) is 15.1 Å². The number of nitrogens with zero attached hydrogens (tertiary/aromatic N) is 2. The van der Waals surface area contributed by atoms with E-state index in [0.29, 0.717) is 18.6 Å². The quantitative estimate of drug-likeness (QED) is 0.856. The maximum Gasteiger partial charge on any atom is 0.236 e. The fourth-order valence-electron chi connectivity index (χ4n) is 3.12. The van der Waals surface area contributed by atoms with Gasteiger partial charge >= 0.3 is 0 Å². The molecule has 0 spiro atoms. The molecule has 0 aliphatic carbocycles. The summed E-state index contributed by atoms with van der Waals surface area (Å²) < 4.78 is 0. The second kappa shape index (κ2) is 5.31. The lowest BCUT2D eigenvalue weighted by Crippen LogP contribution is -2.63. The van der Waals surface area contributed by atoms with Crippen LogP contribution in [0.15, 0.2) is 30.3 Å². The van der Waals surface area contributed by atoms with Crippen LogP contribution in [-0.2, 0) is 4.79 Å². The van der Waals surface area contributed by atoms with Crippen molar-refractivity contribution in [2.75, 3.05) is 32.7 Å². The molecule has 0 bridgehead atoms. The zero-order chi connectivity index (χ0) is 13.2. The van der Waals surface area contributed by atoms with Crippen molar-refractivity contribution < 1.29 is 4.79 Å². The Bertz CT molecular complexity index is 448. The smallest absolute Gasteiger partial charge is 0.236 e. The number of carbonyl (C=O) groups is 1. The number of hydrogen-bond acceptors (Lipinski definition) is 3. The minimum atomic E-state index is 0.253. The van der Waals surface area contributed by atoms with Gasteiger partial charge in [0.15, 0.2) is 0 Å². The van der Waals surface area contributed by atoms with Crippen LogP contribution in [0.3, 0.4) is 0 Å². The minimum Gasteiger partial charge on any atom is -0.335 e. The third kappa shape index (κ3) is 2.51. The summed E-state index contributed by atoms with van der Waals surface area (Å²) >= 11 is 0. The number of piperazine rings is 2. The van der Waals surface area contributed by atoms with Crippen molar-refractivity contribution in [2.24, 2.45) is 0 Å². The third-order valence-electron chi connectivity index (χ3n) is 4.32. The van der Waals surface area contributed by atoms with Crippen LogP contribution in [-0.4, -0.2) is 54.5 Å². The van der Waals surface area contributed by atoms with Gasteiger partial charge in [-0.15, -0.1) is 0 Å². The molecule has 0 aromatic heterocycles. The fourth-order valence-corrected chi connectivity index (χ4v) is 3.12. The monoisotopic (exact) mass is 259 g/mol. The van der Waals surface area contributed by atoms with Crippen LogP contribution in [0.4, 0.5) is 0 Å². The summed E-state index contributed by atoms with van der Waals surface area (Å²) in [5.41, 5.74) is 1.35. The van der Waals surface area contributed by atoms with E-state index in [1.807, 2.05) is 4.90 Å². The van der Waals surface area contributed by atoms with Crippen LogP contribution >= 0.6 is 0 Å². The van der Waals surface area contributed by atoms with E-state index in [4.69, 9.17) is 0 Å². The van der Waals surface area contributed by atoms with E-state index in [1.165, 1.54) is 5.56 Å². The fraction of sp³-hybridized carbons (Fsp3) is 0.533. The van der Waals surface area contributed by atoms with Gasteiger partial charge in [-0.1, -0.05) is 30.3 Å². The van der Waals surface area contributed by atoms with Crippen molar-refractivity contribution in [1.29, 1.82) is 0 Å². The predicted molar refractivity (Wildman–Crippen MR) is 74.8 cm³/mol. The lowest BCUT2D eigenvalue weighted by atomic mass is 10.0. The lowest BCUT2D eigenvalue weighted by Gasteiger charge is -2.46. The Kier molecular flexibility index (Phi) is 3.53. The molecular weight excluding hydrogens is 238 g/mol. The van der Waals surface area contributed by atoms with Crippen molar-refractivity contribution in [3.63, 3.8) is 0 Å². The summed E-state index contributed by atoms with van der Waals surface area (Å²) in [5.74, 6) is 0.253. The molecule has 1 amide bonds. The molecule has 0 saturated carbocycles. The Morgan fingerprint density at radius 1 is 1.26 bits per heavy atom. The van der Waals surface area contributed by atoms with Crippen molar-refractivity contribution in [3.05, 3.63) is 35.9 Å². The molecule has 102 valence electrons. The predicted octanol–water partition coefficient (Wildman–Crippen LogP) is 0.864. The summed E-state index contributed by atoms with van der Waals surface area (Å²) in [6.07, 6.45) is 0. The third-order valence-corrected chi connectivity index (χ3v) is 4.32. The number of fused-ring (bicyclic) bond motifs is 1. The molecule has 2 fully saturated rings. The van der Waals surface area contributed by atoms with Crippen LogP contribution < -0.4 is 5.32 Å². The van der Waals surface area contributed by atoms with E-state index in [-0.39, 0.29) is 5.91 Å². The van der Waals surface area contributed by atoms with Crippen LogP contribution in [0.1, 0.15) is 18.5 Å². The summed E-state index contributed by atoms with van der Waals surface area (Å²) in [5, 5.41) is 3.22. The highest BCUT2D eigenvalue weighted by Crippen LogP contribution is 2.23. The van der Waals surface area contributed by atoms with Gasteiger partial charge in [0.2, 0.25) is 5.91 Å². The first-order valence-electron chi connectivity index (χ1n) is 7.05. The Balaban J connectivity index is 1.69. The topological polar surface area (TPSA) is 35.6 Å². The number of benzene rings is 1. The van der Waals surface area contributed by atoms with Gasteiger partial charge in [0, 0.05) is 32.2 Å². The van der Waals surface area contributed by atoms with Gasteiger partial charge in [-0.2, -0.15) is 0 Å². The highest BCUT2D eigenvalue weighted by molar-refractivity contribution is 5.79. The molecule has 1 N–H and O–H groups in total. The zero-order valence-electron chi connectivity index (χ0n) is 11.4. The first kappa shape index (κ1) is 12.6. The van der Waals surface area contributed by atoms with Gasteiger partial charge in [0.25, 0.3) is 0 Å². The first-order valence-corrected chi connectivity index (χ1v) is 7.05. The summed E-state index contributed by atoms with van der Waals surface area (Å²) in [6, 6.07) is 11.4. The van der Waals surface area contributed by atoms with E-state index < -0.39 is 0 Å². The van der Waals surface area contributed by atoms with Gasteiger partial charge in [-0.25, -0.2) is 0 Å². The van der Waals surface area contributed by atoms with Crippen molar-refractivity contribution in [2.45, 2.75) is 19.0 Å². The molecule has 3 rings (SSSR count). The Morgan fingerprint density at radius 2 is 2.05 bits per heavy atom. The Morgan fingerprint density at radius 3 is 2.84 bits per heavy atom. The molecule has 2 heterocycles. The molecule has 1 aromatic carbocycles. The van der Waals surface area contributed by atoms with Crippen molar-refractivity contribution in [3.8, 4) is 0 Å². The number of amides is 1. The molecule has 2 saturated heterocycles. The van der Waals surface area contributed by atoms with E-state index in [9.17, 15) is 4.79 Å². The summed E-state index contributed by atoms with van der Waals surface area (Å²) in [6.45, 7) is 6.48. The van der Waals surface area contributed by atoms with Crippen LogP contribution in [0.25, 0.3) is 0 Å². The molecular formula is C15H21N3O. The first-order chi connectivity index (χ1) is 9.25. The van der Waals surface area contributed by atoms with Crippen LogP contribution in [0.2, 0.25) is 0 Å². The molecule has 2 aliphatic rings. The maximum absolute atomic E-state index is 11.8. The van der Waals surface area contributed by atoms with E-state index in [2.05, 4.69) is 47.5 Å². The Labute approximate surface area is 114 Å². The number of carbonyl (C=O) groups excluding carboxylic acids is 1. The molecule has 2 aliphatic heterocycles. The minimum absolute atomic E-state index is 0.253. The maximum atomic E-state index is 11.8. The van der Waals surface area contributed by atoms with Gasteiger partial charge in [0.1, 0.15) is 0 Å². The number of rotatable bonds is 2.